The highest BCUT2D eigenvalue weighted by Crippen LogP contribution is 2.27. The summed E-state index contributed by atoms with van der Waals surface area (Å²) in [6.07, 6.45) is 0.295. The average Bonchev–Trinajstić information content (AvgIpc) is 2.83. The minimum atomic E-state index is -0.0994. The summed E-state index contributed by atoms with van der Waals surface area (Å²) in [5.41, 5.74) is 8.34. The molecule has 3 N–H and O–H groups in total. The van der Waals surface area contributed by atoms with Crippen LogP contribution in [0.3, 0.4) is 0 Å². The van der Waals surface area contributed by atoms with Crippen molar-refractivity contribution in [2.45, 2.75) is 39.5 Å². The van der Waals surface area contributed by atoms with Crippen molar-refractivity contribution in [3.05, 3.63) is 41.6 Å². The van der Waals surface area contributed by atoms with E-state index in [1.807, 2.05) is 37.3 Å². The number of para-hydroxylation sites is 1. The normalized spacial score (nSPS) is 11.5. The molecule has 0 fully saturated rings. The monoisotopic (exact) mass is 300 g/mol. The van der Waals surface area contributed by atoms with Crippen LogP contribution in [0.5, 0.6) is 0 Å². The molecule has 0 unspecified atom stereocenters. The van der Waals surface area contributed by atoms with E-state index in [0.29, 0.717) is 18.8 Å². The van der Waals surface area contributed by atoms with Gasteiger partial charge >= 0.3 is 0 Å². The van der Waals surface area contributed by atoms with Crippen LogP contribution in [0.4, 0.5) is 5.82 Å². The molecule has 2 aromatic rings. The lowest BCUT2D eigenvalue weighted by Crippen LogP contribution is -2.18. The summed E-state index contributed by atoms with van der Waals surface area (Å²) >= 11 is 0. The molecule has 0 aliphatic rings. The zero-order valence-corrected chi connectivity index (χ0v) is 13.7. The number of carbonyl (C=O) groups excluding carboxylic acids is 1. The standard InChI is InChI=1S/C17H24N4O/c1-12-7-5-6-8-13(12)21-15(19-16(22)9-10-18)11-14(20-21)17(2,3)4/h5-8,11H,9-10,18H2,1-4H3,(H,19,22). The largest absolute Gasteiger partial charge is 0.330 e. The van der Waals surface area contributed by atoms with Crippen molar-refractivity contribution < 1.29 is 4.79 Å². The Hall–Kier alpha value is -2.14. The number of hydrogen-bond acceptors (Lipinski definition) is 3. The van der Waals surface area contributed by atoms with E-state index in [1.165, 1.54) is 0 Å². The molecular formula is C17H24N4O. The van der Waals surface area contributed by atoms with Gasteiger partial charge in [-0.25, -0.2) is 4.68 Å². The molecule has 22 heavy (non-hydrogen) atoms. The fourth-order valence-corrected chi connectivity index (χ4v) is 2.16. The second-order valence-electron chi connectivity index (χ2n) is 6.45. The van der Waals surface area contributed by atoms with E-state index in [1.54, 1.807) is 4.68 Å². The Kier molecular flexibility index (Phi) is 4.66. The van der Waals surface area contributed by atoms with Gasteiger partial charge in [-0.1, -0.05) is 39.0 Å². The number of nitrogens with one attached hydrogen (secondary N) is 1. The van der Waals surface area contributed by atoms with Crippen molar-refractivity contribution in [2.24, 2.45) is 5.73 Å². The highest BCUT2D eigenvalue weighted by molar-refractivity contribution is 5.90. The summed E-state index contributed by atoms with van der Waals surface area (Å²) < 4.78 is 1.80. The second-order valence-corrected chi connectivity index (χ2v) is 6.45. The van der Waals surface area contributed by atoms with Crippen molar-refractivity contribution in [2.75, 3.05) is 11.9 Å². The van der Waals surface area contributed by atoms with E-state index < -0.39 is 0 Å². The Balaban J connectivity index is 2.49. The van der Waals surface area contributed by atoms with Crippen LogP contribution in [0.25, 0.3) is 5.69 Å². The molecule has 2 rings (SSSR count). The Morgan fingerprint density at radius 2 is 2.00 bits per heavy atom. The maximum absolute atomic E-state index is 11.9. The van der Waals surface area contributed by atoms with Crippen LogP contribution in [-0.4, -0.2) is 22.2 Å². The van der Waals surface area contributed by atoms with Crippen LogP contribution in [-0.2, 0) is 10.2 Å². The number of aromatic nitrogens is 2. The van der Waals surface area contributed by atoms with Gasteiger partial charge in [-0.05, 0) is 18.6 Å². The molecule has 1 heterocycles. The van der Waals surface area contributed by atoms with Gasteiger partial charge in [-0.15, -0.1) is 0 Å². The molecule has 0 bridgehead atoms. The van der Waals surface area contributed by atoms with Crippen LogP contribution in [0.1, 0.15) is 38.4 Å². The lowest BCUT2D eigenvalue weighted by atomic mass is 9.92. The average molecular weight is 300 g/mol. The third-order valence-corrected chi connectivity index (χ3v) is 3.46. The summed E-state index contributed by atoms with van der Waals surface area (Å²) in [6.45, 7) is 8.66. The van der Waals surface area contributed by atoms with E-state index in [2.05, 4.69) is 26.1 Å². The molecule has 5 nitrogen and oxygen atoms in total. The number of nitrogens with zero attached hydrogens (tertiary/aromatic N) is 2. The van der Waals surface area contributed by atoms with E-state index in [9.17, 15) is 4.79 Å². The third kappa shape index (κ3) is 3.54. The van der Waals surface area contributed by atoms with Gasteiger partial charge in [-0.3, -0.25) is 4.79 Å². The van der Waals surface area contributed by atoms with Crippen LogP contribution in [0.2, 0.25) is 0 Å². The first-order valence-corrected chi connectivity index (χ1v) is 7.49. The van der Waals surface area contributed by atoms with Crippen molar-refractivity contribution in [1.29, 1.82) is 0 Å². The Morgan fingerprint density at radius 3 is 2.59 bits per heavy atom. The number of hydrogen-bond donors (Lipinski definition) is 2. The number of aryl methyl sites for hydroxylation is 1. The molecule has 118 valence electrons. The molecule has 0 aliphatic carbocycles. The molecule has 0 saturated carbocycles. The van der Waals surface area contributed by atoms with Crippen molar-refractivity contribution in [1.82, 2.24) is 9.78 Å². The number of carbonyl (C=O) groups is 1. The van der Waals surface area contributed by atoms with E-state index in [-0.39, 0.29) is 11.3 Å². The number of benzene rings is 1. The van der Waals surface area contributed by atoms with Crippen LogP contribution >= 0.6 is 0 Å². The zero-order valence-electron chi connectivity index (χ0n) is 13.7. The summed E-state index contributed by atoms with van der Waals surface area (Å²) in [5.74, 6) is 0.579. The van der Waals surface area contributed by atoms with Crippen molar-refractivity contribution in [3.63, 3.8) is 0 Å². The van der Waals surface area contributed by atoms with Gasteiger partial charge in [0.2, 0.25) is 5.91 Å². The first-order valence-electron chi connectivity index (χ1n) is 7.49. The number of rotatable bonds is 4. The van der Waals surface area contributed by atoms with Gasteiger partial charge < -0.3 is 11.1 Å². The van der Waals surface area contributed by atoms with Gasteiger partial charge in [0, 0.05) is 24.4 Å². The lowest BCUT2D eigenvalue weighted by Gasteiger charge is -2.14. The summed E-state index contributed by atoms with van der Waals surface area (Å²) in [4.78, 5) is 11.9. The van der Waals surface area contributed by atoms with Gasteiger partial charge in [0.05, 0.1) is 11.4 Å². The minimum Gasteiger partial charge on any atom is -0.330 e. The minimum absolute atomic E-state index is 0.0960. The molecule has 0 aliphatic heterocycles. The molecule has 0 radical (unpaired) electrons. The second kappa shape index (κ2) is 6.32. The quantitative estimate of drug-likeness (QED) is 0.912. The molecule has 0 spiro atoms. The molecule has 1 aromatic heterocycles. The topological polar surface area (TPSA) is 72.9 Å². The van der Waals surface area contributed by atoms with Crippen LogP contribution in [0, 0.1) is 6.92 Å². The summed E-state index contributed by atoms with van der Waals surface area (Å²) in [6, 6.07) is 9.90. The highest BCUT2D eigenvalue weighted by Gasteiger charge is 2.21. The Bertz CT molecular complexity index is 668. The predicted molar refractivity (Wildman–Crippen MR) is 89.3 cm³/mol. The highest BCUT2D eigenvalue weighted by atomic mass is 16.1. The first-order chi connectivity index (χ1) is 10.3. The maximum Gasteiger partial charge on any atom is 0.226 e. The van der Waals surface area contributed by atoms with E-state index >= 15 is 0 Å². The molecule has 0 saturated heterocycles. The molecular weight excluding hydrogens is 276 g/mol. The van der Waals surface area contributed by atoms with Gasteiger partial charge in [0.25, 0.3) is 0 Å². The fraction of sp³-hybridized carbons (Fsp3) is 0.412. The van der Waals surface area contributed by atoms with Gasteiger partial charge in [-0.2, -0.15) is 5.10 Å². The molecule has 5 heteroatoms. The van der Waals surface area contributed by atoms with Crippen LogP contribution < -0.4 is 11.1 Å². The Labute approximate surface area is 131 Å². The van der Waals surface area contributed by atoms with Gasteiger partial charge in [0.1, 0.15) is 5.82 Å². The summed E-state index contributed by atoms with van der Waals surface area (Å²) in [5, 5.41) is 7.61. The Morgan fingerprint density at radius 1 is 1.32 bits per heavy atom. The molecule has 1 aromatic carbocycles. The third-order valence-electron chi connectivity index (χ3n) is 3.46. The fourth-order valence-electron chi connectivity index (χ4n) is 2.16. The maximum atomic E-state index is 11.9. The smallest absolute Gasteiger partial charge is 0.226 e. The predicted octanol–water partition coefficient (Wildman–Crippen LogP) is 2.77. The van der Waals surface area contributed by atoms with Crippen molar-refractivity contribution >= 4 is 11.7 Å². The van der Waals surface area contributed by atoms with E-state index in [0.717, 1.165) is 16.9 Å². The SMILES string of the molecule is Cc1ccccc1-n1nc(C(C)(C)C)cc1NC(=O)CCN. The summed E-state index contributed by atoms with van der Waals surface area (Å²) in [7, 11) is 0. The van der Waals surface area contributed by atoms with Crippen LogP contribution in [0.15, 0.2) is 30.3 Å². The number of amides is 1. The van der Waals surface area contributed by atoms with Gasteiger partial charge in [0.15, 0.2) is 0 Å². The number of nitrogens with two attached hydrogens (primary N) is 1. The first kappa shape index (κ1) is 16.2. The lowest BCUT2D eigenvalue weighted by molar-refractivity contribution is -0.116. The molecule has 1 amide bonds. The van der Waals surface area contributed by atoms with E-state index in [4.69, 9.17) is 10.8 Å². The number of anilines is 1. The van der Waals surface area contributed by atoms with Crippen molar-refractivity contribution in [3.8, 4) is 5.69 Å². The molecule has 0 atom stereocenters. The zero-order chi connectivity index (χ0) is 16.3.